The van der Waals surface area contributed by atoms with Crippen molar-refractivity contribution in [1.29, 1.82) is 0 Å². The third kappa shape index (κ3) is 2.94. The zero-order chi connectivity index (χ0) is 15.5. The zero-order valence-electron chi connectivity index (χ0n) is 12.4. The van der Waals surface area contributed by atoms with E-state index < -0.39 is 0 Å². The molecule has 0 unspecified atom stereocenters. The Balaban J connectivity index is 2.04. The van der Waals surface area contributed by atoms with E-state index in [1.54, 1.807) is 0 Å². The number of benzene rings is 1. The highest BCUT2D eigenvalue weighted by atomic mass is 79.9. The van der Waals surface area contributed by atoms with Gasteiger partial charge in [0.2, 0.25) is 0 Å². The van der Waals surface area contributed by atoms with Crippen molar-refractivity contribution in [2.75, 3.05) is 6.61 Å². The van der Waals surface area contributed by atoms with Crippen LogP contribution in [0.3, 0.4) is 0 Å². The molecule has 0 fully saturated rings. The second kappa shape index (κ2) is 6.62. The molecule has 6 heteroatoms. The van der Waals surface area contributed by atoms with Crippen LogP contribution in [0.1, 0.15) is 41.5 Å². The minimum absolute atomic E-state index is 0.270. The molecule has 0 spiro atoms. The van der Waals surface area contributed by atoms with Crippen molar-refractivity contribution >= 4 is 21.8 Å². The van der Waals surface area contributed by atoms with E-state index in [4.69, 9.17) is 4.84 Å². The summed E-state index contributed by atoms with van der Waals surface area (Å²) in [5.74, 6) is -0.270. The average Bonchev–Trinajstić information content (AvgIpc) is 2.92. The highest BCUT2D eigenvalue weighted by Gasteiger charge is 2.25. The Morgan fingerprint density at radius 2 is 2.23 bits per heavy atom. The van der Waals surface area contributed by atoms with E-state index in [2.05, 4.69) is 26.5 Å². The number of hydrogen-bond acceptors (Lipinski definition) is 3. The lowest BCUT2D eigenvalue weighted by atomic mass is 9.95. The quantitative estimate of drug-likeness (QED) is 0.848. The number of nitrogens with one attached hydrogen (secondary N) is 1. The Morgan fingerprint density at radius 3 is 3.00 bits per heavy atom. The number of hydroxylamine groups is 1. The molecule has 0 atom stereocenters. The van der Waals surface area contributed by atoms with Crippen molar-refractivity contribution in [2.24, 2.45) is 0 Å². The fourth-order valence-corrected chi connectivity index (χ4v) is 3.18. The normalized spacial score (nSPS) is 13.7. The number of hydrogen-bond donors (Lipinski definition) is 1. The van der Waals surface area contributed by atoms with Crippen LogP contribution in [0.25, 0.3) is 5.69 Å². The molecule has 0 bridgehead atoms. The van der Waals surface area contributed by atoms with Crippen LogP contribution in [0.2, 0.25) is 0 Å². The van der Waals surface area contributed by atoms with Crippen LogP contribution in [0.4, 0.5) is 0 Å². The van der Waals surface area contributed by atoms with Crippen LogP contribution in [-0.2, 0) is 17.7 Å². The molecule has 1 aromatic heterocycles. The lowest BCUT2D eigenvalue weighted by molar-refractivity contribution is 0.0358. The van der Waals surface area contributed by atoms with Crippen molar-refractivity contribution in [3.8, 4) is 5.69 Å². The van der Waals surface area contributed by atoms with Crippen molar-refractivity contribution in [3.05, 3.63) is 45.7 Å². The monoisotopic (exact) mass is 363 g/mol. The minimum atomic E-state index is -0.270. The summed E-state index contributed by atoms with van der Waals surface area (Å²) in [6.07, 6.45) is 4.04. The third-order valence-corrected chi connectivity index (χ3v) is 4.25. The first kappa shape index (κ1) is 15.2. The molecule has 0 radical (unpaired) electrons. The van der Waals surface area contributed by atoms with Gasteiger partial charge in [-0.1, -0.05) is 22.0 Å². The molecule has 1 amide bonds. The van der Waals surface area contributed by atoms with E-state index in [1.807, 2.05) is 35.9 Å². The summed E-state index contributed by atoms with van der Waals surface area (Å²) in [6, 6.07) is 7.95. The lowest BCUT2D eigenvalue weighted by Gasteiger charge is -2.14. The topological polar surface area (TPSA) is 56.1 Å². The van der Waals surface area contributed by atoms with E-state index in [9.17, 15) is 4.79 Å². The van der Waals surface area contributed by atoms with E-state index in [-0.39, 0.29) is 5.91 Å². The van der Waals surface area contributed by atoms with Gasteiger partial charge in [-0.05, 0) is 50.8 Å². The van der Waals surface area contributed by atoms with E-state index in [0.29, 0.717) is 12.3 Å². The van der Waals surface area contributed by atoms with Crippen molar-refractivity contribution in [2.45, 2.75) is 32.6 Å². The van der Waals surface area contributed by atoms with Crippen LogP contribution in [0, 0.1) is 0 Å². The highest BCUT2D eigenvalue weighted by molar-refractivity contribution is 9.10. The van der Waals surface area contributed by atoms with Gasteiger partial charge in [-0.3, -0.25) is 9.63 Å². The molecule has 0 aliphatic heterocycles. The Hall–Kier alpha value is -1.66. The Labute approximate surface area is 137 Å². The first-order valence-electron chi connectivity index (χ1n) is 7.49. The van der Waals surface area contributed by atoms with E-state index in [0.717, 1.165) is 47.1 Å². The maximum absolute atomic E-state index is 12.3. The molecule has 1 aliphatic rings. The minimum Gasteiger partial charge on any atom is -0.274 e. The Morgan fingerprint density at radius 1 is 1.41 bits per heavy atom. The third-order valence-electron chi connectivity index (χ3n) is 3.76. The fraction of sp³-hybridized carbons (Fsp3) is 0.375. The van der Waals surface area contributed by atoms with Gasteiger partial charge in [0.15, 0.2) is 5.69 Å². The van der Waals surface area contributed by atoms with Gasteiger partial charge in [0.05, 0.1) is 12.3 Å². The average molecular weight is 364 g/mol. The predicted molar refractivity (Wildman–Crippen MR) is 87.0 cm³/mol. The molecule has 116 valence electrons. The van der Waals surface area contributed by atoms with Gasteiger partial charge >= 0.3 is 0 Å². The lowest BCUT2D eigenvalue weighted by Crippen LogP contribution is -2.25. The van der Waals surface area contributed by atoms with Gasteiger partial charge in [0.25, 0.3) is 5.91 Å². The highest BCUT2D eigenvalue weighted by Crippen LogP contribution is 2.27. The van der Waals surface area contributed by atoms with Gasteiger partial charge in [-0.15, -0.1) is 0 Å². The number of nitrogens with zero attached hydrogens (tertiary/aromatic N) is 2. The number of carbonyl (C=O) groups is 1. The SMILES string of the molecule is CCONC(=O)c1nn(-c2cccc(Br)c2)c2c1CCCC2. The summed E-state index contributed by atoms with van der Waals surface area (Å²) in [6.45, 7) is 2.26. The van der Waals surface area contributed by atoms with Gasteiger partial charge in [0, 0.05) is 15.7 Å². The molecule has 0 saturated carbocycles. The summed E-state index contributed by atoms with van der Waals surface area (Å²) >= 11 is 3.49. The van der Waals surface area contributed by atoms with Gasteiger partial charge in [-0.25, -0.2) is 10.2 Å². The second-order valence-electron chi connectivity index (χ2n) is 5.24. The second-order valence-corrected chi connectivity index (χ2v) is 6.15. The van der Waals surface area contributed by atoms with Crippen LogP contribution in [-0.4, -0.2) is 22.3 Å². The van der Waals surface area contributed by atoms with E-state index >= 15 is 0 Å². The molecule has 2 aromatic rings. The number of amides is 1. The molecule has 5 nitrogen and oxygen atoms in total. The predicted octanol–water partition coefficient (Wildman–Crippen LogP) is 3.19. The molecular formula is C16H18BrN3O2. The molecule has 1 heterocycles. The molecule has 1 N–H and O–H groups in total. The van der Waals surface area contributed by atoms with Gasteiger partial charge in [-0.2, -0.15) is 5.10 Å². The van der Waals surface area contributed by atoms with E-state index in [1.165, 1.54) is 0 Å². The van der Waals surface area contributed by atoms with Crippen LogP contribution < -0.4 is 5.48 Å². The molecule has 1 aromatic carbocycles. The summed E-state index contributed by atoms with van der Waals surface area (Å²) < 4.78 is 2.88. The van der Waals surface area contributed by atoms with Gasteiger partial charge in [0.1, 0.15) is 0 Å². The van der Waals surface area contributed by atoms with Crippen LogP contribution in [0.5, 0.6) is 0 Å². The number of fused-ring (bicyclic) bond motifs is 1. The molecule has 3 rings (SSSR count). The largest absolute Gasteiger partial charge is 0.295 e. The molecule has 22 heavy (non-hydrogen) atoms. The Bertz CT molecular complexity index is 697. The first-order valence-corrected chi connectivity index (χ1v) is 8.29. The molecule has 0 saturated heterocycles. The summed E-state index contributed by atoms with van der Waals surface area (Å²) in [5, 5.41) is 4.56. The van der Waals surface area contributed by atoms with Crippen LogP contribution in [0.15, 0.2) is 28.7 Å². The smallest absolute Gasteiger partial charge is 0.274 e. The molecule has 1 aliphatic carbocycles. The first-order chi connectivity index (χ1) is 10.7. The maximum atomic E-state index is 12.3. The van der Waals surface area contributed by atoms with Gasteiger partial charge < -0.3 is 0 Å². The number of rotatable bonds is 4. The zero-order valence-corrected chi connectivity index (χ0v) is 14.0. The summed E-state index contributed by atoms with van der Waals surface area (Å²) in [5.41, 5.74) is 6.06. The maximum Gasteiger partial charge on any atom is 0.295 e. The van der Waals surface area contributed by atoms with Crippen molar-refractivity contribution in [3.63, 3.8) is 0 Å². The summed E-state index contributed by atoms with van der Waals surface area (Å²) in [4.78, 5) is 17.3. The molecular weight excluding hydrogens is 346 g/mol. The fourth-order valence-electron chi connectivity index (χ4n) is 2.79. The standard InChI is InChI=1S/C16H18BrN3O2/c1-2-22-19-16(21)15-13-8-3-4-9-14(13)20(18-15)12-7-5-6-11(17)10-12/h5-7,10H,2-4,8-9H2,1H3,(H,19,21). The Kier molecular flexibility index (Phi) is 4.59. The van der Waals surface area contributed by atoms with Crippen molar-refractivity contribution in [1.82, 2.24) is 15.3 Å². The number of halogens is 1. The van der Waals surface area contributed by atoms with Crippen LogP contribution >= 0.6 is 15.9 Å². The van der Waals surface area contributed by atoms with Crippen molar-refractivity contribution < 1.29 is 9.63 Å². The number of carbonyl (C=O) groups excluding carboxylic acids is 1. The summed E-state index contributed by atoms with van der Waals surface area (Å²) in [7, 11) is 0. The number of aromatic nitrogens is 2.